The van der Waals surface area contributed by atoms with Crippen LogP contribution in [-0.2, 0) is 10.0 Å². The first kappa shape index (κ1) is 23.0. The summed E-state index contributed by atoms with van der Waals surface area (Å²) in [6, 6.07) is 8.71. The average Bonchev–Trinajstić information content (AvgIpc) is 2.63. The van der Waals surface area contributed by atoms with E-state index >= 15 is 0 Å². The van der Waals surface area contributed by atoms with Crippen molar-refractivity contribution in [2.24, 2.45) is 0 Å². The molecule has 0 aromatic heterocycles. The van der Waals surface area contributed by atoms with Gasteiger partial charge in [0, 0.05) is 17.8 Å². The molecule has 0 aliphatic heterocycles. The molecule has 2 aromatic rings. The van der Waals surface area contributed by atoms with Crippen LogP contribution in [0.2, 0.25) is 5.02 Å². The van der Waals surface area contributed by atoms with E-state index in [4.69, 9.17) is 21.1 Å². The molecule has 0 saturated carbocycles. The summed E-state index contributed by atoms with van der Waals surface area (Å²) in [6.07, 6.45) is 0. The summed E-state index contributed by atoms with van der Waals surface area (Å²) >= 11 is 6.14. The molecule has 9 heteroatoms. The van der Waals surface area contributed by atoms with Crippen LogP contribution in [0.4, 0.5) is 5.69 Å². The highest BCUT2D eigenvalue weighted by atomic mass is 35.5. The van der Waals surface area contributed by atoms with Gasteiger partial charge in [0.15, 0.2) is 11.5 Å². The second kappa shape index (κ2) is 9.96. The summed E-state index contributed by atoms with van der Waals surface area (Å²) in [7, 11) is -3.76. The monoisotopic (exact) mass is 440 g/mol. The lowest BCUT2D eigenvalue weighted by molar-refractivity contribution is 0.102. The minimum Gasteiger partial charge on any atom is -0.490 e. The van der Waals surface area contributed by atoms with Crippen molar-refractivity contribution in [1.82, 2.24) is 4.72 Å². The van der Waals surface area contributed by atoms with Crippen molar-refractivity contribution < 1.29 is 22.7 Å². The Bertz CT molecular complexity index is 977. The van der Waals surface area contributed by atoms with Crippen molar-refractivity contribution in [2.75, 3.05) is 18.5 Å². The van der Waals surface area contributed by atoms with E-state index in [2.05, 4.69) is 10.0 Å². The molecule has 158 valence electrons. The number of anilines is 1. The molecule has 2 N–H and O–H groups in total. The van der Waals surface area contributed by atoms with Crippen molar-refractivity contribution in [3.63, 3.8) is 0 Å². The number of benzene rings is 2. The Labute approximate surface area is 176 Å². The first-order valence-electron chi connectivity index (χ1n) is 9.20. The predicted molar refractivity (Wildman–Crippen MR) is 114 cm³/mol. The lowest BCUT2D eigenvalue weighted by Gasteiger charge is -2.14. The molecule has 0 aliphatic carbocycles. The van der Waals surface area contributed by atoms with Gasteiger partial charge in [-0.2, -0.15) is 0 Å². The summed E-state index contributed by atoms with van der Waals surface area (Å²) in [5, 5.41) is 2.85. The van der Waals surface area contributed by atoms with Gasteiger partial charge < -0.3 is 14.8 Å². The first-order valence-corrected chi connectivity index (χ1v) is 11.1. The van der Waals surface area contributed by atoms with Gasteiger partial charge in [-0.3, -0.25) is 4.79 Å². The summed E-state index contributed by atoms with van der Waals surface area (Å²) in [5.41, 5.74) is 0.511. The second-order valence-electron chi connectivity index (χ2n) is 6.40. The van der Waals surface area contributed by atoms with Gasteiger partial charge in [-0.1, -0.05) is 11.6 Å². The van der Waals surface area contributed by atoms with Gasteiger partial charge >= 0.3 is 0 Å². The number of amides is 1. The summed E-state index contributed by atoms with van der Waals surface area (Å²) < 4.78 is 38.3. The van der Waals surface area contributed by atoms with Crippen LogP contribution >= 0.6 is 11.6 Å². The fraction of sp³-hybridized carbons (Fsp3) is 0.350. The number of sulfonamides is 1. The third-order valence-corrected chi connectivity index (χ3v) is 5.67. The maximum absolute atomic E-state index is 12.7. The Kier molecular flexibility index (Phi) is 7.89. The summed E-state index contributed by atoms with van der Waals surface area (Å²) in [4.78, 5) is 12.7. The second-order valence-corrected chi connectivity index (χ2v) is 8.52. The van der Waals surface area contributed by atoms with Crippen LogP contribution in [0, 0.1) is 0 Å². The highest BCUT2D eigenvalue weighted by Crippen LogP contribution is 2.31. The van der Waals surface area contributed by atoms with E-state index in [1.807, 2.05) is 13.8 Å². The van der Waals surface area contributed by atoms with Crippen LogP contribution in [-0.4, -0.2) is 33.6 Å². The van der Waals surface area contributed by atoms with Gasteiger partial charge in [0.2, 0.25) is 10.0 Å². The molecule has 0 spiro atoms. The minimum absolute atomic E-state index is 0.0394. The van der Waals surface area contributed by atoms with Crippen molar-refractivity contribution in [2.45, 2.75) is 38.6 Å². The quantitative estimate of drug-likeness (QED) is 0.612. The third kappa shape index (κ3) is 6.09. The largest absolute Gasteiger partial charge is 0.490 e. The van der Waals surface area contributed by atoms with E-state index in [9.17, 15) is 13.2 Å². The molecule has 0 fully saturated rings. The standard InChI is InChI=1S/C20H25ClN2O5S/c1-5-27-18-10-7-14(11-19(18)28-6-2)22-20(24)16-12-15(8-9-17(16)21)29(25,26)23-13(3)4/h7-13,23H,5-6H2,1-4H3,(H,22,24). The average molecular weight is 441 g/mol. The van der Waals surface area contributed by atoms with Crippen LogP contribution < -0.4 is 19.5 Å². The number of ether oxygens (including phenoxy) is 2. The molecule has 0 unspecified atom stereocenters. The number of hydrogen-bond donors (Lipinski definition) is 2. The molecular weight excluding hydrogens is 416 g/mol. The van der Waals surface area contributed by atoms with E-state index in [0.717, 1.165) is 0 Å². The Morgan fingerprint density at radius 3 is 2.31 bits per heavy atom. The number of nitrogens with one attached hydrogen (secondary N) is 2. The lowest BCUT2D eigenvalue weighted by Crippen LogP contribution is -2.30. The van der Waals surface area contributed by atoms with Gasteiger partial charge in [0.25, 0.3) is 5.91 Å². The van der Waals surface area contributed by atoms with E-state index in [1.165, 1.54) is 18.2 Å². The molecule has 2 aromatic carbocycles. The minimum atomic E-state index is -3.76. The molecule has 0 bridgehead atoms. The molecule has 1 amide bonds. The zero-order chi connectivity index (χ0) is 21.6. The molecule has 29 heavy (non-hydrogen) atoms. The molecule has 7 nitrogen and oxygen atoms in total. The van der Waals surface area contributed by atoms with Gasteiger partial charge in [0.05, 0.1) is 28.7 Å². The molecule has 0 atom stereocenters. The van der Waals surface area contributed by atoms with Crippen LogP contribution in [0.3, 0.4) is 0 Å². The fourth-order valence-electron chi connectivity index (χ4n) is 2.55. The van der Waals surface area contributed by atoms with Gasteiger partial charge in [-0.15, -0.1) is 0 Å². The fourth-order valence-corrected chi connectivity index (χ4v) is 4.03. The van der Waals surface area contributed by atoms with Crippen molar-refractivity contribution in [3.05, 3.63) is 47.0 Å². The number of carbonyl (C=O) groups is 1. The maximum Gasteiger partial charge on any atom is 0.257 e. The SMILES string of the molecule is CCOc1ccc(NC(=O)c2cc(S(=O)(=O)NC(C)C)ccc2Cl)cc1OCC. The van der Waals surface area contributed by atoms with E-state index in [0.29, 0.717) is 30.4 Å². The number of rotatable bonds is 9. The Hall–Kier alpha value is -2.29. The topological polar surface area (TPSA) is 93.7 Å². The predicted octanol–water partition coefficient (Wildman–Crippen LogP) is 4.08. The smallest absolute Gasteiger partial charge is 0.257 e. The van der Waals surface area contributed by atoms with Gasteiger partial charge in [-0.25, -0.2) is 13.1 Å². The molecule has 2 rings (SSSR count). The van der Waals surface area contributed by atoms with E-state index in [-0.39, 0.29) is 21.5 Å². The van der Waals surface area contributed by atoms with Crippen molar-refractivity contribution in [3.8, 4) is 11.5 Å². The normalized spacial score (nSPS) is 11.4. The van der Waals surface area contributed by atoms with Crippen LogP contribution in [0.1, 0.15) is 38.1 Å². The highest BCUT2D eigenvalue weighted by molar-refractivity contribution is 7.89. The van der Waals surface area contributed by atoms with Crippen molar-refractivity contribution in [1.29, 1.82) is 0 Å². The van der Waals surface area contributed by atoms with Gasteiger partial charge in [-0.05, 0) is 58.0 Å². The van der Waals surface area contributed by atoms with E-state index < -0.39 is 15.9 Å². The molecular formula is C20H25ClN2O5S. The third-order valence-electron chi connectivity index (χ3n) is 3.68. The number of hydrogen-bond acceptors (Lipinski definition) is 5. The maximum atomic E-state index is 12.7. The highest BCUT2D eigenvalue weighted by Gasteiger charge is 2.20. The molecule has 0 radical (unpaired) electrons. The summed E-state index contributed by atoms with van der Waals surface area (Å²) in [6.45, 7) is 8.05. The number of halogens is 1. The zero-order valence-corrected chi connectivity index (χ0v) is 18.4. The summed E-state index contributed by atoms with van der Waals surface area (Å²) in [5.74, 6) is 0.525. The van der Waals surface area contributed by atoms with Gasteiger partial charge in [0.1, 0.15) is 0 Å². The van der Waals surface area contributed by atoms with Crippen LogP contribution in [0.5, 0.6) is 11.5 Å². The van der Waals surface area contributed by atoms with Crippen LogP contribution in [0.15, 0.2) is 41.3 Å². The molecule has 0 heterocycles. The molecule has 0 saturated heterocycles. The van der Waals surface area contributed by atoms with Crippen LogP contribution in [0.25, 0.3) is 0 Å². The molecule has 0 aliphatic rings. The Morgan fingerprint density at radius 2 is 1.69 bits per heavy atom. The number of carbonyl (C=O) groups excluding carboxylic acids is 1. The van der Waals surface area contributed by atoms with Crippen molar-refractivity contribution >= 4 is 33.2 Å². The Balaban J connectivity index is 2.31. The van der Waals surface area contributed by atoms with E-state index in [1.54, 1.807) is 32.0 Å². The first-order chi connectivity index (χ1) is 13.7. The Morgan fingerprint density at radius 1 is 1.03 bits per heavy atom. The zero-order valence-electron chi connectivity index (χ0n) is 16.8. The lowest BCUT2D eigenvalue weighted by atomic mass is 10.2.